The number of nitrogens with zero attached hydrogens (tertiary/aromatic N) is 4. The first-order chi connectivity index (χ1) is 27.7. The van der Waals surface area contributed by atoms with Crippen LogP contribution < -0.4 is 0 Å². The lowest BCUT2D eigenvalue weighted by Gasteiger charge is -2.13. The Morgan fingerprint density at radius 3 is 1.34 bits per heavy atom. The lowest BCUT2D eigenvalue weighted by molar-refractivity contribution is 0.668. The van der Waals surface area contributed by atoms with Gasteiger partial charge in [0.15, 0.2) is 11.6 Å². The number of benzene rings is 7. The summed E-state index contributed by atoms with van der Waals surface area (Å²) in [6, 6.07) is 58.3. The van der Waals surface area contributed by atoms with Crippen molar-refractivity contribution in [3.8, 4) is 67.5 Å². The van der Waals surface area contributed by atoms with Gasteiger partial charge < -0.3 is 8.83 Å². The van der Waals surface area contributed by atoms with Gasteiger partial charge in [0.25, 0.3) is 0 Å². The molecule has 262 valence electrons. The second kappa shape index (κ2) is 13.0. The van der Waals surface area contributed by atoms with Gasteiger partial charge in [0.1, 0.15) is 22.3 Å². The van der Waals surface area contributed by atoms with Gasteiger partial charge in [0.2, 0.25) is 0 Å². The van der Waals surface area contributed by atoms with E-state index in [1.807, 2.05) is 72.8 Å². The van der Waals surface area contributed by atoms with E-state index < -0.39 is 0 Å². The molecule has 0 bridgehead atoms. The van der Waals surface area contributed by atoms with Gasteiger partial charge in [-0.15, -0.1) is 0 Å². The van der Waals surface area contributed by atoms with E-state index in [2.05, 4.69) is 107 Å². The first-order valence-electron chi connectivity index (χ1n) is 18.5. The molecule has 0 saturated heterocycles. The predicted octanol–water partition coefficient (Wildman–Crippen LogP) is 13.1. The van der Waals surface area contributed by atoms with Gasteiger partial charge in [-0.25, -0.2) is 19.9 Å². The van der Waals surface area contributed by atoms with Gasteiger partial charge in [-0.2, -0.15) is 0 Å². The molecule has 4 heterocycles. The van der Waals surface area contributed by atoms with Gasteiger partial charge in [0.05, 0.1) is 11.4 Å². The van der Waals surface area contributed by atoms with Crippen LogP contribution >= 0.6 is 0 Å². The van der Waals surface area contributed by atoms with E-state index >= 15 is 0 Å². The van der Waals surface area contributed by atoms with Crippen LogP contribution in [-0.2, 0) is 0 Å². The minimum Gasteiger partial charge on any atom is -0.456 e. The Morgan fingerprint density at radius 1 is 0.286 bits per heavy atom. The molecule has 0 spiro atoms. The van der Waals surface area contributed by atoms with Crippen LogP contribution in [0.25, 0.3) is 111 Å². The summed E-state index contributed by atoms with van der Waals surface area (Å²) in [7, 11) is 0. The van der Waals surface area contributed by atoms with Crippen LogP contribution in [0.2, 0.25) is 0 Å². The number of hydrogen-bond acceptors (Lipinski definition) is 6. The van der Waals surface area contributed by atoms with Crippen molar-refractivity contribution < 1.29 is 8.83 Å². The molecule has 0 aliphatic rings. The second-order valence-corrected chi connectivity index (χ2v) is 13.9. The monoisotopic (exact) mass is 718 g/mol. The molecule has 0 fully saturated rings. The first-order valence-corrected chi connectivity index (χ1v) is 18.5. The number of para-hydroxylation sites is 2. The van der Waals surface area contributed by atoms with Crippen LogP contribution in [0.4, 0.5) is 0 Å². The van der Waals surface area contributed by atoms with Gasteiger partial charge in [-0.3, -0.25) is 0 Å². The fourth-order valence-corrected chi connectivity index (χ4v) is 7.62. The van der Waals surface area contributed by atoms with E-state index in [1.165, 1.54) is 0 Å². The Balaban J connectivity index is 1.11. The Bertz CT molecular complexity index is 3110. The smallest absolute Gasteiger partial charge is 0.160 e. The van der Waals surface area contributed by atoms with Crippen LogP contribution in [0.5, 0.6) is 0 Å². The fourth-order valence-electron chi connectivity index (χ4n) is 7.62. The molecule has 0 unspecified atom stereocenters. The number of furan rings is 2. The van der Waals surface area contributed by atoms with Gasteiger partial charge in [-0.1, -0.05) is 103 Å². The molecule has 11 aromatic rings. The van der Waals surface area contributed by atoms with Crippen molar-refractivity contribution in [1.29, 1.82) is 0 Å². The highest BCUT2D eigenvalue weighted by atomic mass is 16.3. The molecule has 0 aliphatic carbocycles. The third-order valence-corrected chi connectivity index (χ3v) is 10.4. The summed E-state index contributed by atoms with van der Waals surface area (Å²) in [6.07, 6.45) is 3.50. The highest BCUT2D eigenvalue weighted by Gasteiger charge is 2.16. The molecule has 7 aromatic carbocycles. The van der Waals surface area contributed by atoms with E-state index in [9.17, 15) is 0 Å². The molecular formula is C50H30N4O2. The maximum atomic E-state index is 6.21. The zero-order valence-electron chi connectivity index (χ0n) is 29.9. The van der Waals surface area contributed by atoms with Crippen LogP contribution in [0, 0.1) is 0 Å². The lowest BCUT2D eigenvalue weighted by Crippen LogP contribution is -1.97. The second-order valence-electron chi connectivity index (χ2n) is 13.9. The topological polar surface area (TPSA) is 77.8 Å². The van der Waals surface area contributed by atoms with Crippen molar-refractivity contribution in [2.75, 3.05) is 0 Å². The molecule has 0 atom stereocenters. The molecule has 6 nitrogen and oxygen atoms in total. The lowest BCUT2D eigenvalue weighted by atomic mass is 9.93. The van der Waals surface area contributed by atoms with Crippen molar-refractivity contribution in [3.63, 3.8) is 0 Å². The van der Waals surface area contributed by atoms with Gasteiger partial charge in [0, 0.05) is 56.2 Å². The molecule has 11 rings (SSSR count). The van der Waals surface area contributed by atoms with Gasteiger partial charge in [-0.05, 0) is 89.0 Å². The predicted molar refractivity (Wildman–Crippen MR) is 225 cm³/mol. The maximum absolute atomic E-state index is 6.21. The van der Waals surface area contributed by atoms with E-state index in [4.69, 9.17) is 18.8 Å². The van der Waals surface area contributed by atoms with Gasteiger partial charge >= 0.3 is 0 Å². The molecule has 4 aromatic heterocycles. The number of fused-ring (bicyclic) bond motifs is 6. The summed E-state index contributed by atoms with van der Waals surface area (Å²) in [5.74, 6) is 1.30. The normalized spacial score (nSPS) is 11.6. The minimum atomic E-state index is 0.631. The average Bonchev–Trinajstić information content (AvgIpc) is 3.84. The molecule has 0 saturated carbocycles. The third kappa shape index (κ3) is 5.60. The molecule has 6 heteroatoms. The molecule has 56 heavy (non-hydrogen) atoms. The quantitative estimate of drug-likeness (QED) is 0.170. The maximum Gasteiger partial charge on any atom is 0.160 e. The van der Waals surface area contributed by atoms with Crippen molar-refractivity contribution in [2.24, 2.45) is 0 Å². The first kappa shape index (κ1) is 31.8. The summed E-state index contributed by atoms with van der Waals surface area (Å²) >= 11 is 0. The van der Waals surface area contributed by atoms with E-state index in [1.54, 1.807) is 12.4 Å². The summed E-state index contributed by atoms with van der Waals surface area (Å²) in [5, 5.41) is 4.35. The summed E-state index contributed by atoms with van der Waals surface area (Å²) < 4.78 is 12.4. The van der Waals surface area contributed by atoms with Crippen molar-refractivity contribution >= 4 is 43.9 Å². The van der Waals surface area contributed by atoms with Crippen molar-refractivity contribution in [3.05, 3.63) is 182 Å². The molecule has 0 radical (unpaired) electrons. The fraction of sp³-hybridized carbons (Fsp3) is 0. The van der Waals surface area contributed by atoms with Crippen LogP contribution in [0.1, 0.15) is 0 Å². The van der Waals surface area contributed by atoms with Crippen LogP contribution in [-0.4, -0.2) is 19.9 Å². The Labute approximate surface area is 321 Å². The van der Waals surface area contributed by atoms with Crippen LogP contribution in [0.15, 0.2) is 191 Å². The summed E-state index contributed by atoms with van der Waals surface area (Å²) in [4.78, 5) is 19.2. The summed E-state index contributed by atoms with van der Waals surface area (Å²) in [6.45, 7) is 0. The largest absolute Gasteiger partial charge is 0.456 e. The average molecular weight is 719 g/mol. The summed E-state index contributed by atoms with van der Waals surface area (Å²) in [5.41, 5.74) is 13.2. The number of hydrogen-bond donors (Lipinski definition) is 0. The molecule has 0 N–H and O–H groups in total. The van der Waals surface area contributed by atoms with Crippen molar-refractivity contribution in [1.82, 2.24) is 19.9 Å². The Hall–Kier alpha value is -7.70. The Kier molecular flexibility index (Phi) is 7.38. The minimum absolute atomic E-state index is 0.631. The highest BCUT2D eigenvalue weighted by molar-refractivity contribution is 6.07. The molecule has 0 amide bonds. The molecule has 0 aliphatic heterocycles. The number of rotatable bonds is 6. The van der Waals surface area contributed by atoms with E-state index in [0.717, 1.165) is 99.8 Å². The van der Waals surface area contributed by atoms with E-state index in [-0.39, 0.29) is 0 Å². The Morgan fingerprint density at radius 2 is 0.750 bits per heavy atom. The zero-order chi connectivity index (χ0) is 37.0. The highest BCUT2D eigenvalue weighted by Crippen LogP contribution is 2.39. The zero-order valence-corrected chi connectivity index (χ0v) is 29.9. The third-order valence-electron chi connectivity index (χ3n) is 10.4. The number of aromatic nitrogens is 4. The van der Waals surface area contributed by atoms with Crippen LogP contribution in [0.3, 0.4) is 0 Å². The molecular weight excluding hydrogens is 689 g/mol. The SMILES string of the molecule is c1ccc(-c2cc(-c3cc(-c4ccc5oc6ccccc6c5c4)cc(-c4ccc5oc6ccccc6c5c4)c3)nc(-c3ccc(-c4ncccn4)cc3)n2)cc1. The van der Waals surface area contributed by atoms with E-state index in [0.29, 0.717) is 11.6 Å². The van der Waals surface area contributed by atoms with Crippen molar-refractivity contribution in [2.45, 2.75) is 0 Å². The standard InChI is InChI=1S/C50H30N4O2/c1-2-9-31(10-3-1)43-30-44(54-50(53-43)33-17-15-32(16-18-33)49-51-23-8-24-52-49)38-26-36(34-19-21-47-41(28-34)39-11-4-6-13-45(39)55-47)25-37(27-38)35-20-22-48-42(29-35)40-12-5-7-14-46(40)56-48/h1-30H.